The summed E-state index contributed by atoms with van der Waals surface area (Å²) in [6, 6.07) is 13.6. The normalized spacial score (nSPS) is 14.2. The summed E-state index contributed by atoms with van der Waals surface area (Å²) in [7, 11) is 0. The summed E-state index contributed by atoms with van der Waals surface area (Å²) in [6.45, 7) is 5.23. The van der Waals surface area contributed by atoms with Crippen LogP contribution in [-0.4, -0.2) is 59.7 Å². The fourth-order valence-corrected chi connectivity index (χ4v) is 3.28. The molecule has 0 unspecified atom stereocenters. The van der Waals surface area contributed by atoms with E-state index < -0.39 is 11.8 Å². The van der Waals surface area contributed by atoms with Crippen molar-refractivity contribution in [3.05, 3.63) is 48.2 Å². The van der Waals surface area contributed by atoms with Crippen molar-refractivity contribution in [3.8, 4) is 11.3 Å². The number of carbonyl (C=O) groups is 3. The highest BCUT2D eigenvalue weighted by atomic mass is 16.3. The van der Waals surface area contributed by atoms with Gasteiger partial charge in [0.25, 0.3) is 0 Å². The zero-order valence-electron chi connectivity index (χ0n) is 16.9. The van der Waals surface area contributed by atoms with E-state index in [0.29, 0.717) is 39.0 Å². The Morgan fingerprint density at radius 3 is 2.28 bits per heavy atom. The Hall–Kier alpha value is -3.09. The number of benzene rings is 1. The molecule has 3 rings (SSSR count). The SMILES string of the molecule is CC(C)NC(=O)C(=O)N1CCN(C(=O)CCc2ccc(-c3ccccc3)o2)CC1. The number of piperazine rings is 1. The minimum absolute atomic E-state index is 0.0291. The molecular weight excluding hydrogens is 370 g/mol. The number of carbonyl (C=O) groups excluding carboxylic acids is 3. The lowest BCUT2D eigenvalue weighted by atomic mass is 10.2. The zero-order chi connectivity index (χ0) is 20.8. The molecule has 154 valence electrons. The summed E-state index contributed by atoms with van der Waals surface area (Å²) >= 11 is 0. The fourth-order valence-electron chi connectivity index (χ4n) is 3.28. The molecule has 29 heavy (non-hydrogen) atoms. The van der Waals surface area contributed by atoms with E-state index in [0.717, 1.165) is 17.1 Å². The minimum Gasteiger partial charge on any atom is -0.461 e. The van der Waals surface area contributed by atoms with Gasteiger partial charge in [0.15, 0.2) is 0 Å². The number of hydrogen-bond donors (Lipinski definition) is 1. The highest BCUT2D eigenvalue weighted by molar-refractivity contribution is 6.35. The molecular formula is C22H27N3O4. The second-order valence-electron chi connectivity index (χ2n) is 7.43. The number of rotatable bonds is 5. The Bertz CT molecular complexity index is 852. The zero-order valence-corrected chi connectivity index (χ0v) is 16.9. The largest absolute Gasteiger partial charge is 0.461 e. The molecule has 7 nitrogen and oxygen atoms in total. The summed E-state index contributed by atoms with van der Waals surface area (Å²) in [5.41, 5.74) is 1.01. The molecule has 1 aliphatic rings. The predicted molar refractivity (Wildman–Crippen MR) is 109 cm³/mol. The van der Waals surface area contributed by atoms with Crippen LogP contribution in [0.5, 0.6) is 0 Å². The van der Waals surface area contributed by atoms with Crippen LogP contribution < -0.4 is 5.32 Å². The Morgan fingerprint density at radius 2 is 1.62 bits per heavy atom. The number of furan rings is 1. The first-order valence-electron chi connectivity index (χ1n) is 9.95. The third kappa shape index (κ3) is 5.47. The van der Waals surface area contributed by atoms with E-state index in [1.807, 2.05) is 56.3 Å². The van der Waals surface area contributed by atoms with Gasteiger partial charge in [-0.1, -0.05) is 30.3 Å². The lowest BCUT2D eigenvalue weighted by Crippen LogP contribution is -2.54. The first kappa shape index (κ1) is 20.6. The van der Waals surface area contributed by atoms with Crippen molar-refractivity contribution in [2.24, 2.45) is 0 Å². The van der Waals surface area contributed by atoms with Crippen LogP contribution in [0.3, 0.4) is 0 Å². The van der Waals surface area contributed by atoms with E-state index in [9.17, 15) is 14.4 Å². The summed E-state index contributed by atoms with van der Waals surface area (Å²) in [5, 5.41) is 2.60. The van der Waals surface area contributed by atoms with Crippen molar-refractivity contribution in [1.82, 2.24) is 15.1 Å². The van der Waals surface area contributed by atoms with Crippen LogP contribution in [0.15, 0.2) is 46.9 Å². The van der Waals surface area contributed by atoms with Gasteiger partial charge in [-0.2, -0.15) is 0 Å². The third-order valence-electron chi connectivity index (χ3n) is 4.84. The summed E-state index contributed by atoms with van der Waals surface area (Å²) in [6.07, 6.45) is 0.880. The second-order valence-corrected chi connectivity index (χ2v) is 7.43. The highest BCUT2D eigenvalue weighted by Crippen LogP contribution is 2.22. The fraction of sp³-hybridized carbons (Fsp3) is 0.409. The monoisotopic (exact) mass is 397 g/mol. The van der Waals surface area contributed by atoms with Gasteiger partial charge in [0.05, 0.1) is 0 Å². The maximum Gasteiger partial charge on any atom is 0.312 e. The Balaban J connectivity index is 1.45. The average molecular weight is 397 g/mol. The lowest BCUT2D eigenvalue weighted by Gasteiger charge is -2.34. The van der Waals surface area contributed by atoms with E-state index in [-0.39, 0.29) is 11.9 Å². The van der Waals surface area contributed by atoms with Crippen molar-refractivity contribution in [2.45, 2.75) is 32.7 Å². The average Bonchev–Trinajstić information content (AvgIpc) is 3.21. The maximum atomic E-state index is 12.5. The number of amides is 3. The smallest absolute Gasteiger partial charge is 0.312 e. The van der Waals surface area contributed by atoms with Gasteiger partial charge in [0, 0.05) is 50.6 Å². The van der Waals surface area contributed by atoms with Crippen molar-refractivity contribution < 1.29 is 18.8 Å². The molecule has 7 heteroatoms. The molecule has 1 fully saturated rings. The Labute approximate surface area is 170 Å². The van der Waals surface area contributed by atoms with Crippen molar-refractivity contribution in [2.75, 3.05) is 26.2 Å². The molecule has 0 saturated carbocycles. The molecule has 0 bridgehead atoms. The molecule has 1 saturated heterocycles. The van der Waals surface area contributed by atoms with Gasteiger partial charge in [0.2, 0.25) is 5.91 Å². The van der Waals surface area contributed by atoms with E-state index in [2.05, 4.69) is 5.32 Å². The first-order valence-corrected chi connectivity index (χ1v) is 9.95. The molecule has 1 aromatic heterocycles. The van der Waals surface area contributed by atoms with E-state index in [1.165, 1.54) is 4.90 Å². The van der Waals surface area contributed by atoms with Gasteiger partial charge in [0.1, 0.15) is 11.5 Å². The van der Waals surface area contributed by atoms with Crippen molar-refractivity contribution in [3.63, 3.8) is 0 Å². The van der Waals surface area contributed by atoms with Crippen LogP contribution in [-0.2, 0) is 20.8 Å². The summed E-state index contributed by atoms with van der Waals surface area (Å²) in [5.74, 6) is 0.472. The molecule has 1 aromatic carbocycles. The Morgan fingerprint density at radius 1 is 0.966 bits per heavy atom. The van der Waals surface area contributed by atoms with Crippen LogP contribution in [0.25, 0.3) is 11.3 Å². The number of aryl methyl sites for hydroxylation is 1. The number of nitrogens with zero attached hydrogens (tertiary/aromatic N) is 2. The molecule has 0 atom stereocenters. The molecule has 2 aromatic rings. The maximum absolute atomic E-state index is 12.5. The predicted octanol–water partition coefficient (Wildman–Crippen LogP) is 2.07. The van der Waals surface area contributed by atoms with Crippen molar-refractivity contribution >= 4 is 17.7 Å². The van der Waals surface area contributed by atoms with E-state index >= 15 is 0 Å². The summed E-state index contributed by atoms with van der Waals surface area (Å²) < 4.78 is 5.85. The van der Waals surface area contributed by atoms with Gasteiger partial charge in [-0.25, -0.2) is 0 Å². The van der Waals surface area contributed by atoms with Gasteiger partial charge in [-0.15, -0.1) is 0 Å². The number of hydrogen-bond acceptors (Lipinski definition) is 4. The van der Waals surface area contributed by atoms with Crippen LogP contribution in [0.1, 0.15) is 26.0 Å². The van der Waals surface area contributed by atoms with Gasteiger partial charge >= 0.3 is 11.8 Å². The Kier molecular flexibility index (Phi) is 6.69. The quantitative estimate of drug-likeness (QED) is 0.783. The molecule has 3 amide bonds. The van der Waals surface area contributed by atoms with Gasteiger partial charge in [-0.3, -0.25) is 14.4 Å². The van der Waals surface area contributed by atoms with Crippen molar-refractivity contribution in [1.29, 1.82) is 0 Å². The van der Waals surface area contributed by atoms with Crippen LogP contribution in [0.4, 0.5) is 0 Å². The molecule has 0 aliphatic carbocycles. The van der Waals surface area contributed by atoms with Crippen LogP contribution >= 0.6 is 0 Å². The van der Waals surface area contributed by atoms with Crippen LogP contribution in [0.2, 0.25) is 0 Å². The standard InChI is InChI=1S/C22H27N3O4/c1-16(2)23-21(27)22(28)25-14-12-24(13-15-25)20(26)11-9-18-8-10-19(29-18)17-6-4-3-5-7-17/h3-8,10,16H,9,11-15H2,1-2H3,(H,23,27). The first-order chi connectivity index (χ1) is 13.9. The summed E-state index contributed by atoms with van der Waals surface area (Å²) in [4.78, 5) is 39.7. The van der Waals surface area contributed by atoms with E-state index in [1.54, 1.807) is 4.90 Å². The lowest BCUT2D eigenvalue weighted by molar-refractivity contribution is -0.148. The second kappa shape index (κ2) is 9.41. The molecule has 2 heterocycles. The topological polar surface area (TPSA) is 82.9 Å². The van der Waals surface area contributed by atoms with Gasteiger partial charge in [-0.05, 0) is 26.0 Å². The highest BCUT2D eigenvalue weighted by Gasteiger charge is 2.28. The molecule has 1 aliphatic heterocycles. The molecule has 1 N–H and O–H groups in total. The number of nitrogens with one attached hydrogen (secondary N) is 1. The van der Waals surface area contributed by atoms with Gasteiger partial charge < -0.3 is 19.5 Å². The molecule has 0 spiro atoms. The minimum atomic E-state index is -0.591. The third-order valence-corrected chi connectivity index (χ3v) is 4.84. The van der Waals surface area contributed by atoms with Crippen LogP contribution in [0, 0.1) is 0 Å². The van der Waals surface area contributed by atoms with E-state index in [4.69, 9.17) is 4.42 Å². The molecule has 0 radical (unpaired) electrons.